The third-order valence-corrected chi connectivity index (χ3v) is 7.80. The van der Waals surface area contributed by atoms with Crippen LogP contribution in [0.3, 0.4) is 0 Å². The number of carbonyl (C=O) groups excluding carboxylic acids is 1. The first kappa shape index (κ1) is 21.1. The highest BCUT2D eigenvalue weighted by Crippen LogP contribution is 2.27. The van der Waals surface area contributed by atoms with E-state index >= 15 is 0 Å². The van der Waals surface area contributed by atoms with E-state index < -0.39 is 10.2 Å². The summed E-state index contributed by atoms with van der Waals surface area (Å²) in [4.78, 5) is 12.2. The van der Waals surface area contributed by atoms with Gasteiger partial charge in [0, 0.05) is 44.3 Å². The predicted octanol–water partition coefficient (Wildman–Crippen LogP) is 2.72. The molecule has 1 saturated carbocycles. The van der Waals surface area contributed by atoms with Crippen LogP contribution in [0.4, 0.5) is 5.69 Å². The highest BCUT2D eigenvalue weighted by molar-refractivity contribution is 7.99. The molecule has 1 aromatic carbocycles. The minimum absolute atomic E-state index is 0.126. The maximum Gasteiger partial charge on any atom is 0.303 e. The molecule has 0 atom stereocenters. The van der Waals surface area contributed by atoms with Crippen LogP contribution in [0.1, 0.15) is 42.5 Å². The van der Waals surface area contributed by atoms with Gasteiger partial charge in [-0.05, 0) is 37.1 Å². The van der Waals surface area contributed by atoms with E-state index in [0.717, 1.165) is 15.3 Å². The van der Waals surface area contributed by atoms with Gasteiger partial charge in [0.2, 0.25) is 0 Å². The molecule has 1 amide bonds. The lowest BCUT2D eigenvalue weighted by Crippen LogP contribution is -2.37. The average Bonchev–Trinajstić information content (AvgIpc) is 2.65. The first-order valence-corrected chi connectivity index (χ1v) is 11.4. The summed E-state index contributed by atoms with van der Waals surface area (Å²) in [7, 11) is 0.935. The van der Waals surface area contributed by atoms with Gasteiger partial charge in [-0.1, -0.05) is 19.3 Å². The first-order valence-electron chi connectivity index (χ1n) is 8.98. The van der Waals surface area contributed by atoms with Crippen LogP contribution in [0, 0.1) is 0 Å². The number of amides is 1. The fourth-order valence-electron chi connectivity index (χ4n) is 2.92. The molecule has 1 fully saturated rings. The Morgan fingerprint density at radius 1 is 1.12 bits per heavy atom. The van der Waals surface area contributed by atoms with Crippen molar-refractivity contribution in [3.63, 3.8) is 0 Å². The zero-order valence-electron chi connectivity index (χ0n) is 15.8. The molecule has 0 spiro atoms. The molecule has 1 aliphatic carbocycles. The number of carbonyl (C=O) groups is 1. The monoisotopic (exact) mass is 399 g/mol. The van der Waals surface area contributed by atoms with Crippen LogP contribution >= 0.6 is 11.8 Å². The maximum atomic E-state index is 12.2. The Balaban J connectivity index is 1.82. The minimum Gasteiger partial charge on any atom is -0.351 e. The Morgan fingerprint density at radius 3 is 2.31 bits per heavy atom. The van der Waals surface area contributed by atoms with E-state index in [1.165, 1.54) is 57.6 Å². The number of nitrogens with one attached hydrogen (secondary N) is 1. The summed E-state index contributed by atoms with van der Waals surface area (Å²) in [6.07, 6.45) is 6.60. The standard InChI is InChI=1S/C18H29N3O3S2/c1-20(2)26(23,24)21(3)16-11-9-15(10-12-16)18(22)19-13-14-25-17-7-5-4-6-8-17/h9-12,17H,4-8,13-14H2,1-3H3,(H,19,22). The number of thioether (sulfide) groups is 1. The van der Waals surface area contributed by atoms with E-state index in [1.54, 1.807) is 24.3 Å². The molecule has 1 aromatic rings. The van der Waals surface area contributed by atoms with Crippen molar-refractivity contribution in [2.24, 2.45) is 0 Å². The molecule has 0 saturated heterocycles. The van der Waals surface area contributed by atoms with Crippen molar-refractivity contribution in [1.29, 1.82) is 0 Å². The van der Waals surface area contributed by atoms with Gasteiger partial charge in [0.1, 0.15) is 0 Å². The van der Waals surface area contributed by atoms with E-state index in [9.17, 15) is 13.2 Å². The van der Waals surface area contributed by atoms with Crippen LogP contribution in [-0.4, -0.2) is 57.3 Å². The second kappa shape index (κ2) is 9.62. The molecular weight excluding hydrogens is 370 g/mol. The molecule has 0 unspecified atom stereocenters. The Hall–Kier alpha value is -1.25. The Morgan fingerprint density at radius 2 is 1.73 bits per heavy atom. The number of rotatable bonds is 8. The molecule has 0 aliphatic heterocycles. The Bertz CT molecular complexity index is 684. The van der Waals surface area contributed by atoms with Crippen molar-refractivity contribution in [3.05, 3.63) is 29.8 Å². The largest absolute Gasteiger partial charge is 0.351 e. The zero-order chi connectivity index (χ0) is 19.2. The molecule has 1 N–H and O–H groups in total. The number of hydrogen-bond donors (Lipinski definition) is 1. The number of anilines is 1. The Kier molecular flexibility index (Phi) is 7.79. The lowest BCUT2D eigenvalue weighted by atomic mass is 10.0. The Labute approximate surface area is 161 Å². The summed E-state index contributed by atoms with van der Waals surface area (Å²) in [6, 6.07) is 6.60. The van der Waals surface area contributed by atoms with E-state index in [1.807, 2.05) is 11.8 Å². The fraction of sp³-hybridized carbons (Fsp3) is 0.611. The quantitative estimate of drug-likeness (QED) is 0.683. The van der Waals surface area contributed by atoms with Gasteiger partial charge in [0.15, 0.2) is 0 Å². The molecule has 0 heterocycles. The lowest BCUT2D eigenvalue weighted by molar-refractivity contribution is 0.0956. The third-order valence-electron chi connectivity index (χ3n) is 4.59. The molecular formula is C18H29N3O3S2. The van der Waals surface area contributed by atoms with Gasteiger partial charge in [0.25, 0.3) is 5.91 Å². The summed E-state index contributed by atoms with van der Waals surface area (Å²) in [5, 5.41) is 3.68. The molecule has 0 radical (unpaired) electrons. The highest BCUT2D eigenvalue weighted by Gasteiger charge is 2.21. The van der Waals surface area contributed by atoms with Gasteiger partial charge >= 0.3 is 10.2 Å². The lowest BCUT2D eigenvalue weighted by Gasteiger charge is -2.23. The zero-order valence-corrected chi connectivity index (χ0v) is 17.4. The molecule has 146 valence electrons. The number of hydrogen-bond acceptors (Lipinski definition) is 4. The minimum atomic E-state index is -3.53. The van der Waals surface area contributed by atoms with Gasteiger partial charge < -0.3 is 5.32 Å². The second-order valence-corrected chi connectivity index (χ2v) is 10.3. The van der Waals surface area contributed by atoms with Gasteiger partial charge in [-0.3, -0.25) is 9.10 Å². The number of nitrogens with zero attached hydrogens (tertiary/aromatic N) is 2. The van der Waals surface area contributed by atoms with Crippen molar-refractivity contribution >= 4 is 33.6 Å². The van der Waals surface area contributed by atoms with Crippen LogP contribution in [0.5, 0.6) is 0 Å². The van der Waals surface area contributed by atoms with Crippen molar-refractivity contribution in [2.75, 3.05) is 37.7 Å². The van der Waals surface area contributed by atoms with E-state index in [4.69, 9.17) is 0 Å². The normalized spacial score (nSPS) is 15.8. The van der Waals surface area contributed by atoms with Crippen molar-refractivity contribution in [3.8, 4) is 0 Å². The molecule has 8 heteroatoms. The van der Waals surface area contributed by atoms with Crippen LogP contribution in [-0.2, 0) is 10.2 Å². The SMILES string of the molecule is CN(C)S(=O)(=O)N(C)c1ccc(C(=O)NCCSC2CCCCC2)cc1. The van der Waals surface area contributed by atoms with Crippen LogP contribution < -0.4 is 9.62 Å². The van der Waals surface area contributed by atoms with E-state index in [0.29, 0.717) is 17.8 Å². The van der Waals surface area contributed by atoms with Gasteiger partial charge in [0.05, 0.1) is 5.69 Å². The molecule has 0 bridgehead atoms. The van der Waals surface area contributed by atoms with Gasteiger partial charge in [-0.2, -0.15) is 24.5 Å². The summed E-state index contributed by atoms with van der Waals surface area (Å²) >= 11 is 1.95. The second-order valence-electron chi connectivity index (χ2n) is 6.69. The summed E-state index contributed by atoms with van der Waals surface area (Å²) in [5.74, 6) is 0.803. The van der Waals surface area contributed by atoms with Gasteiger partial charge in [-0.25, -0.2) is 0 Å². The molecule has 6 nitrogen and oxygen atoms in total. The fourth-order valence-corrected chi connectivity index (χ4v) is 5.02. The van der Waals surface area contributed by atoms with Crippen LogP contribution in [0.2, 0.25) is 0 Å². The third kappa shape index (κ3) is 5.62. The van der Waals surface area contributed by atoms with Crippen LogP contribution in [0.15, 0.2) is 24.3 Å². The average molecular weight is 400 g/mol. The number of benzene rings is 1. The summed E-state index contributed by atoms with van der Waals surface area (Å²) in [5.41, 5.74) is 1.05. The van der Waals surface area contributed by atoms with E-state index in [2.05, 4.69) is 5.32 Å². The van der Waals surface area contributed by atoms with E-state index in [-0.39, 0.29) is 5.91 Å². The predicted molar refractivity (Wildman–Crippen MR) is 109 cm³/mol. The molecule has 1 aliphatic rings. The smallest absolute Gasteiger partial charge is 0.303 e. The highest BCUT2D eigenvalue weighted by atomic mass is 32.2. The maximum absolute atomic E-state index is 12.2. The van der Waals surface area contributed by atoms with Crippen molar-refractivity contribution in [2.45, 2.75) is 37.4 Å². The topological polar surface area (TPSA) is 69.7 Å². The van der Waals surface area contributed by atoms with Crippen molar-refractivity contribution < 1.29 is 13.2 Å². The summed E-state index contributed by atoms with van der Waals surface area (Å²) < 4.78 is 26.6. The molecule has 0 aromatic heterocycles. The van der Waals surface area contributed by atoms with Gasteiger partial charge in [-0.15, -0.1) is 0 Å². The molecule has 2 rings (SSSR count). The van der Waals surface area contributed by atoms with Crippen molar-refractivity contribution in [1.82, 2.24) is 9.62 Å². The molecule has 26 heavy (non-hydrogen) atoms. The van der Waals surface area contributed by atoms with Crippen LogP contribution in [0.25, 0.3) is 0 Å². The first-order chi connectivity index (χ1) is 12.3. The summed E-state index contributed by atoms with van der Waals surface area (Å²) in [6.45, 7) is 0.649.